The van der Waals surface area contributed by atoms with Crippen molar-refractivity contribution >= 4 is 23.5 Å². The maximum absolute atomic E-state index is 5.51. The van der Waals surface area contributed by atoms with E-state index < -0.39 is 0 Å². The van der Waals surface area contributed by atoms with E-state index in [2.05, 4.69) is 36.3 Å². The molecule has 78 valence electrons. The van der Waals surface area contributed by atoms with Crippen LogP contribution in [0.1, 0.15) is 18.4 Å². The van der Waals surface area contributed by atoms with Gasteiger partial charge < -0.3 is 0 Å². The highest BCUT2D eigenvalue weighted by Gasteiger charge is 2.34. The summed E-state index contributed by atoms with van der Waals surface area (Å²) in [5.74, 6) is 5.29. The molecule has 0 radical (unpaired) electrons. The first-order valence-electron chi connectivity index (χ1n) is 5.14. The molecule has 2 heteroatoms. The van der Waals surface area contributed by atoms with Crippen molar-refractivity contribution < 1.29 is 0 Å². The fraction of sp³-hybridized carbons (Fsp3) is 0.385. The SMILES string of the molecule is C#CCC1(c2ccccc2)SCCCS1. The molecule has 1 aromatic rings. The van der Waals surface area contributed by atoms with Gasteiger partial charge in [-0.1, -0.05) is 30.3 Å². The molecule has 1 saturated heterocycles. The van der Waals surface area contributed by atoms with Crippen LogP contribution in [0.2, 0.25) is 0 Å². The molecule has 0 aliphatic carbocycles. The molecule has 0 nitrogen and oxygen atoms in total. The number of benzene rings is 1. The van der Waals surface area contributed by atoms with Gasteiger partial charge in [-0.05, 0) is 23.5 Å². The summed E-state index contributed by atoms with van der Waals surface area (Å²) in [6.45, 7) is 0. The average molecular weight is 234 g/mol. The van der Waals surface area contributed by atoms with Gasteiger partial charge in [-0.25, -0.2) is 0 Å². The average Bonchev–Trinajstić information content (AvgIpc) is 2.32. The maximum Gasteiger partial charge on any atom is 0.0968 e. The van der Waals surface area contributed by atoms with Crippen molar-refractivity contribution in [3.8, 4) is 12.3 Å². The van der Waals surface area contributed by atoms with E-state index in [9.17, 15) is 0 Å². The third-order valence-electron chi connectivity index (χ3n) is 2.51. The van der Waals surface area contributed by atoms with Crippen molar-refractivity contribution in [2.45, 2.75) is 16.9 Å². The summed E-state index contributed by atoms with van der Waals surface area (Å²) in [5.41, 5.74) is 1.37. The lowest BCUT2D eigenvalue weighted by Crippen LogP contribution is -2.22. The Morgan fingerprint density at radius 1 is 1.20 bits per heavy atom. The zero-order chi connectivity index (χ0) is 10.6. The first kappa shape index (κ1) is 11.0. The summed E-state index contributed by atoms with van der Waals surface area (Å²) >= 11 is 4.02. The molecule has 1 heterocycles. The fourth-order valence-corrected chi connectivity index (χ4v) is 5.00. The third kappa shape index (κ3) is 2.35. The monoisotopic (exact) mass is 234 g/mol. The predicted octanol–water partition coefficient (Wildman–Crippen LogP) is 3.73. The Labute approximate surface area is 100 Å². The smallest absolute Gasteiger partial charge is 0.0968 e. The lowest BCUT2D eigenvalue weighted by atomic mass is 10.1. The van der Waals surface area contributed by atoms with Gasteiger partial charge in [-0.2, -0.15) is 0 Å². The van der Waals surface area contributed by atoms with Gasteiger partial charge in [-0.3, -0.25) is 0 Å². The Morgan fingerprint density at radius 2 is 1.87 bits per heavy atom. The van der Waals surface area contributed by atoms with Crippen LogP contribution >= 0.6 is 23.5 Å². The van der Waals surface area contributed by atoms with Crippen molar-refractivity contribution in [1.29, 1.82) is 0 Å². The Morgan fingerprint density at radius 3 is 2.47 bits per heavy atom. The second kappa shape index (κ2) is 5.01. The van der Waals surface area contributed by atoms with E-state index in [0.717, 1.165) is 6.42 Å². The molecule has 0 bridgehead atoms. The van der Waals surface area contributed by atoms with Gasteiger partial charge >= 0.3 is 0 Å². The lowest BCUT2D eigenvalue weighted by Gasteiger charge is -2.35. The molecule has 15 heavy (non-hydrogen) atoms. The topological polar surface area (TPSA) is 0 Å². The molecule has 1 aromatic carbocycles. The van der Waals surface area contributed by atoms with Crippen LogP contribution in [-0.2, 0) is 4.08 Å². The highest BCUT2D eigenvalue weighted by Crippen LogP contribution is 2.52. The molecule has 0 amide bonds. The Balaban J connectivity index is 2.30. The number of rotatable bonds is 2. The summed E-state index contributed by atoms with van der Waals surface area (Å²) in [6.07, 6.45) is 7.63. The minimum Gasteiger partial charge on any atom is -0.138 e. The second-order valence-corrected chi connectivity index (χ2v) is 6.60. The maximum atomic E-state index is 5.51. The van der Waals surface area contributed by atoms with E-state index in [4.69, 9.17) is 6.42 Å². The van der Waals surface area contributed by atoms with Crippen LogP contribution in [0.25, 0.3) is 0 Å². The minimum atomic E-state index is 0.119. The van der Waals surface area contributed by atoms with Crippen LogP contribution in [-0.4, -0.2) is 11.5 Å². The van der Waals surface area contributed by atoms with Gasteiger partial charge in [0.15, 0.2) is 0 Å². The van der Waals surface area contributed by atoms with Gasteiger partial charge in [0.05, 0.1) is 4.08 Å². The van der Waals surface area contributed by atoms with E-state index in [1.807, 2.05) is 23.5 Å². The van der Waals surface area contributed by atoms with Crippen molar-refractivity contribution in [1.82, 2.24) is 0 Å². The molecule has 0 aromatic heterocycles. The second-order valence-electron chi connectivity index (χ2n) is 3.55. The number of terminal acetylenes is 1. The lowest BCUT2D eigenvalue weighted by molar-refractivity contribution is 0.891. The van der Waals surface area contributed by atoms with Gasteiger partial charge in [0.2, 0.25) is 0 Å². The highest BCUT2D eigenvalue weighted by atomic mass is 32.2. The zero-order valence-corrected chi connectivity index (χ0v) is 10.2. The van der Waals surface area contributed by atoms with Crippen LogP contribution < -0.4 is 0 Å². The third-order valence-corrected chi connectivity index (χ3v) is 5.89. The molecular weight excluding hydrogens is 220 g/mol. The van der Waals surface area contributed by atoms with Crippen molar-refractivity contribution in [3.05, 3.63) is 35.9 Å². The molecule has 1 fully saturated rings. The van der Waals surface area contributed by atoms with Crippen LogP contribution in [0.4, 0.5) is 0 Å². The predicted molar refractivity (Wildman–Crippen MR) is 71.1 cm³/mol. The van der Waals surface area contributed by atoms with Gasteiger partial charge in [0, 0.05) is 6.42 Å². The number of hydrogen-bond acceptors (Lipinski definition) is 2. The normalized spacial score (nSPS) is 19.4. The molecule has 2 rings (SSSR count). The number of thioether (sulfide) groups is 2. The summed E-state index contributed by atoms with van der Waals surface area (Å²) in [5, 5.41) is 0. The van der Waals surface area contributed by atoms with E-state index in [1.54, 1.807) is 0 Å². The summed E-state index contributed by atoms with van der Waals surface area (Å²) < 4.78 is 0.119. The molecular formula is C13H14S2. The Hall–Kier alpha value is -0.520. The molecule has 0 atom stereocenters. The van der Waals surface area contributed by atoms with Crippen LogP contribution in [0, 0.1) is 12.3 Å². The quantitative estimate of drug-likeness (QED) is 0.715. The molecule has 0 unspecified atom stereocenters. The highest BCUT2D eigenvalue weighted by molar-refractivity contribution is 8.18. The van der Waals surface area contributed by atoms with Gasteiger partial charge in [0.1, 0.15) is 0 Å². The fourth-order valence-electron chi connectivity index (χ4n) is 1.77. The van der Waals surface area contributed by atoms with Crippen molar-refractivity contribution in [2.75, 3.05) is 11.5 Å². The first-order chi connectivity index (χ1) is 7.37. The van der Waals surface area contributed by atoms with Crippen LogP contribution in [0.15, 0.2) is 30.3 Å². The van der Waals surface area contributed by atoms with Crippen molar-refractivity contribution in [3.63, 3.8) is 0 Å². The van der Waals surface area contributed by atoms with Crippen LogP contribution in [0.5, 0.6) is 0 Å². The number of hydrogen-bond donors (Lipinski definition) is 0. The molecule has 0 N–H and O–H groups in total. The Bertz CT molecular complexity index is 345. The largest absolute Gasteiger partial charge is 0.138 e. The van der Waals surface area contributed by atoms with Crippen molar-refractivity contribution in [2.24, 2.45) is 0 Å². The molecule has 0 spiro atoms. The van der Waals surface area contributed by atoms with Gasteiger partial charge in [-0.15, -0.1) is 35.9 Å². The summed E-state index contributed by atoms with van der Waals surface area (Å²) in [6, 6.07) is 10.7. The van der Waals surface area contributed by atoms with Gasteiger partial charge in [0.25, 0.3) is 0 Å². The zero-order valence-electron chi connectivity index (χ0n) is 8.61. The Kier molecular flexibility index (Phi) is 3.66. The standard InChI is InChI=1S/C13H14S2/c1-2-9-13(14-10-6-11-15-13)12-7-4-3-5-8-12/h1,3-5,7-8H,6,9-11H2. The summed E-state index contributed by atoms with van der Waals surface area (Å²) in [7, 11) is 0. The minimum absolute atomic E-state index is 0.119. The molecule has 0 saturated carbocycles. The van der Waals surface area contributed by atoms with Crippen LogP contribution in [0.3, 0.4) is 0 Å². The van der Waals surface area contributed by atoms with E-state index in [0.29, 0.717) is 0 Å². The first-order valence-corrected chi connectivity index (χ1v) is 7.11. The molecule has 1 aliphatic rings. The summed E-state index contributed by atoms with van der Waals surface area (Å²) in [4.78, 5) is 0. The van der Waals surface area contributed by atoms with E-state index in [-0.39, 0.29) is 4.08 Å². The van der Waals surface area contributed by atoms with E-state index in [1.165, 1.54) is 23.5 Å². The van der Waals surface area contributed by atoms with E-state index >= 15 is 0 Å². The molecule has 1 aliphatic heterocycles.